The first kappa shape index (κ1) is 19.5. The average Bonchev–Trinajstić information content (AvgIpc) is 2.98. The first-order valence-electron chi connectivity index (χ1n) is 8.43. The smallest absolute Gasteiger partial charge is 0.392 e. The van der Waals surface area contributed by atoms with E-state index in [1.807, 2.05) is 31.2 Å². The maximum absolute atomic E-state index is 12.5. The van der Waals surface area contributed by atoms with Crippen molar-refractivity contribution < 1.29 is 18.3 Å². The lowest BCUT2D eigenvalue weighted by Gasteiger charge is -2.20. The quantitative estimate of drug-likeness (QED) is 0.537. The Morgan fingerprint density at radius 3 is 2.68 bits per heavy atom. The van der Waals surface area contributed by atoms with Crippen molar-refractivity contribution in [3.8, 4) is 0 Å². The Bertz CT molecular complexity index is 577. The standard InChI is InChI=1S/C17H25F3N4O/c1-2-21-16(22-9-13-5-3-4-6-14(13)11-25)23-15-7-8-24(10-15)12-17(18,19)20/h3-6,15,25H,2,7-12H2,1H3,(H2,21,22,23). The fourth-order valence-electron chi connectivity index (χ4n) is 2.89. The number of hydrogen-bond donors (Lipinski definition) is 3. The van der Waals surface area contributed by atoms with Gasteiger partial charge in [-0.05, 0) is 24.5 Å². The molecule has 0 saturated carbocycles. The molecular formula is C17H25F3N4O. The fourth-order valence-corrected chi connectivity index (χ4v) is 2.89. The van der Waals surface area contributed by atoms with Crippen molar-refractivity contribution in [3.05, 3.63) is 35.4 Å². The Kier molecular flexibility index (Phi) is 7.07. The Morgan fingerprint density at radius 1 is 1.32 bits per heavy atom. The monoisotopic (exact) mass is 358 g/mol. The van der Waals surface area contributed by atoms with E-state index in [4.69, 9.17) is 0 Å². The predicted octanol–water partition coefficient (Wildman–Crippen LogP) is 1.87. The molecule has 3 N–H and O–H groups in total. The summed E-state index contributed by atoms with van der Waals surface area (Å²) in [6.07, 6.45) is -3.52. The Morgan fingerprint density at radius 2 is 2.04 bits per heavy atom. The molecule has 25 heavy (non-hydrogen) atoms. The van der Waals surface area contributed by atoms with Crippen molar-refractivity contribution >= 4 is 5.96 Å². The van der Waals surface area contributed by atoms with Crippen molar-refractivity contribution in [1.29, 1.82) is 0 Å². The van der Waals surface area contributed by atoms with Crippen LogP contribution in [-0.4, -0.2) is 54.4 Å². The van der Waals surface area contributed by atoms with Crippen LogP contribution in [-0.2, 0) is 13.2 Å². The van der Waals surface area contributed by atoms with E-state index < -0.39 is 12.7 Å². The van der Waals surface area contributed by atoms with Crippen LogP contribution in [0.25, 0.3) is 0 Å². The summed E-state index contributed by atoms with van der Waals surface area (Å²) in [6.45, 7) is 2.83. The van der Waals surface area contributed by atoms with Gasteiger partial charge in [0, 0.05) is 25.7 Å². The van der Waals surface area contributed by atoms with Crippen molar-refractivity contribution in [3.63, 3.8) is 0 Å². The summed E-state index contributed by atoms with van der Waals surface area (Å²) < 4.78 is 37.4. The van der Waals surface area contributed by atoms with Gasteiger partial charge in [-0.3, -0.25) is 4.90 Å². The van der Waals surface area contributed by atoms with Gasteiger partial charge in [0.2, 0.25) is 0 Å². The van der Waals surface area contributed by atoms with Crippen molar-refractivity contribution in [2.24, 2.45) is 4.99 Å². The summed E-state index contributed by atoms with van der Waals surface area (Å²) in [5.74, 6) is 0.578. The number of halogens is 3. The molecule has 140 valence electrons. The predicted molar refractivity (Wildman–Crippen MR) is 91.2 cm³/mol. The number of nitrogens with zero attached hydrogens (tertiary/aromatic N) is 2. The van der Waals surface area contributed by atoms with E-state index in [0.717, 1.165) is 11.1 Å². The lowest BCUT2D eigenvalue weighted by molar-refractivity contribution is -0.143. The SMILES string of the molecule is CCNC(=NCc1ccccc1CO)NC1CCN(CC(F)(F)F)C1. The molecule has 1 fully saturated rings. The molecule has 1 heterocycles. The maximum Gasteiger partial charge on any atom is 0.401 e. The number of guanidine groups is 1. The Hall–Kier alpha value is -1.80. The number of aliphatic hydroxyl groups excluding tert-OH is 1. The summed E-state index contributed by atoms with van der Waals surface area (Å²) in [4.78, 5) is 5.90. The van der Waals surface area contributed by atoms with Crippen LogP contribution in [0.3, 0.4) is 0 Å². The number of aliphatic hydroxyl groups is 1. The highest BCUT2D eigenvalue weighted by Crippen LogP contribution is 2.20. The van der Waals surface area contributed by atoms with E-state index >= 15 is 0 Å². The van der Waals surface area contributed by atoms with E-state index in [2.05, 4.69) is 15.6 Å². The third-order valence-corrected chi connectivity index (χ3v) is 4.06. The van der Waals surface area contributed by atoms with Gasteiger partial charge in [0.15, 0.2) is 5.96 Å². The van der Waals surface area contributed by atoms with Crippen LogP contribution in [0.2, 0.25) is 0 Å². The largest absolute Gasteiger partial charge is 0.401 e. The van der Waals surface area contributed by atoms with Crippen molar-refractivity contribution in [2.75, 3.05) is 26.2 Å². The molecule has 1 atom stereocenters. The van der Waals surface area contributed by atoms with E-state index in [-0.39, 0.29) is 12.6 Å². The fraction of sp³-hybridized carbons (Fsp3) is 0.588. The summed E-state index contributed by atoms with van der Waals surface area (Å²) in [7, 11) is 0. The molecule has 8 heteroatoms. The molecule has 1 unspecified atom stereocenters. The summed E-state index contributed by atoms with van der Waals surface area (Å²) in [6, 6.07) is 7.43. The summed E-state index contributed by atoms with van der Waals surface area (Å²) >= 11 is 0. The number of aliphatic imine (C=N–C) groups is 1. The number of hydrogen-bond acceptors (Lipinski definition) is 3. The van der Waals surface area contributed by atoms with Gasteiger partial charge in [-0.2, -0.15) is 13.2 Å². The van der Waals surface area contributed by atoms with E-state index in [0.29, 0.717) is 38.6 Å². The second-order valence-electron chi connectivity index (χ2n) is 6.10. The lowest BCUT2D eigenvalue weighted by atomic mass is 10.1. The highest BCUT2D eigenvalue weighted by atomic mass is 19.4. The van der Waals surface area contributed by atoms with Crippen molar-refractivity contribution in [1.82, 2.24) is 15.5 Å². The maximum atomic E-state index is 12.5. The van der Waals surface area contributed by atoms with Gasteiger partial charge in [0.25, 0.3) is 0 Å². The van der Waals surface area contributed by atoms with Gasteiger partial charge in [0.05, 0.1) is 19.7 Å². The second kappa shape index (κ2) is 9.05. The normalized spacial score (nSPS) is 19.2. The van der Waals surface area contributed by atoms with Gasteiger partial charge < -0.3 is 15.7 Å². The second-order valence-corrected chi connectivity index (χ2v) is 6.10. The molecule has 0 bridgehead atoms. The van der Waals surface area contributed by atoms with Gasteiger partial charge in [-0.25, -0.2) is 4.99 Å². The van der Waals surface area contributed by atoms with Crippen LogP contribution >= 0.6 is 0 Å². The van der Waals surface area contributed by atoms with E-state index in [9.17, 15) is 18.3 Å². The zero-order valence-electron chi connectivity index (χ0n) is 14.3. The summed E-state index contributed by atoms with van der Waals surface area (Å²) in [5, 5.41) is 15.7. The van der Waals surface area contributed by atoms with Gasteiger partial charge in [-0.1, -0.05) is 24.3 Å². The van der Waals surface area contributed by atoms with Crippen LogP contribution in [0.5, 0.6) is 0 Å². The molecule has 5 nitrogen and oxygen atoms in total. The number of alkyl halides is 3. The highest BCUT2D eigenvalue weighted by Gasteiger charge is 2.34. The van der Waals surface area contributed by atoms with Crippen LogP contribution in [0.4, 0.5) is 13.2 Å². The zero-order valence-corrected chi connectivity index (χ0v) is 14.3. The van der Waals surface area contributed by atoms with Crippen LogP contribution in [0, 0.1) is 0 Å². The molecule has 0 spiro atoms. The molecule has 1 aliphatic heterocycles. The number of likely N-dealkylation sites (tertiary alicyclic amines) is 1. The molecule has 2 rings (SSSR count). The minimum Gasteiger partial charge on any atom is -0.392 e. The van der Waals surface area contributed by atoms with Crippen LogP contribution < -0.4 is 10.6 Å². The first-order valence-corrected chi connectivity index (χ1v) is 8.43. The van der Waals surface area contributed by atoms with Crippen LogP contribution in [0.15, 0.2) is 29.3 Å². The highest BCUT2D eigenvalue weighted by molar-refractivity contribution is 5.80. The molecular weight excluding hydrogens is 333 g/mol. The molecule has 0 amide bonds. The van der Waals surface area contributed by atoms with E-state index in [1.165, 1.54) is 4.90 Å². The van der Waals surface area contributed by atoms with Crippen LogP contribution in [0.1, 0.15) is 24.5 Å². The Labute approximate surface area is 145 Å². The summed E-state index contributed by atoms with van der Waals surface area (Å²) in [5.41, 5.74) is 1.74. The number of rotatable bonds is 6. The average molecular weight is 358 g/mol. The van der Waals surface area contributed by atoms with E-state index in [1.54, 1.807) is 0 Å². The number of nitrogens with one attached hydrogen (secondary N) is 2. The van der Waals surface area contributed by atoms with Gasteiger partial charge in [-0.15, -0.1) is 0 Å². The number of benzene rings is 1. The third-order valence-electron chi connectivity index (χ3n) is 4.06. The molecule has 1 saturated heterocycles. The molecule has 1 aromatic rings. The van der Waals surface area contributed by atoms with Gasteiger partial charge >= 0.3 is 6.18 Å². The van der Waals surface area contributed by atoms with Gasteiger partial charge in [0.1, 0.15) is 0 Å². The molecule has 0 radical (unpaired) electrons. The molecule has 1 aromatic carbocycles. The lowest BCUT2D eigenvalue weighted by Crippen LogP contribution is -2.45. The first-order chi connectivity index (χ1) is 11.9. The zero-order chi connectivity index (χ0) is 18.3. The Balaban J connectivity index is 1.94. The molecule has 0 aromatic heterocycles. The molecule has 1 aliphatic rings. The van der Waals surface area contributed by atoms with Crippen molar-refractivity contribution in [2.45, 2.75) is 38.7 Å². The third kappa shape index (κ3) is 6.55. The topological polar surface area (TPSA) is 59.9 Å². The minimum absolute atomic E-state index is 0.0509. The molecule has 0 aliphatic carbocycles. The minimum atomic E-state index is -4.17.